The van der Waals surface area contributed by atoms with Gasteiger partial charge < -0.3 is 16.4 Å². The molecule has 1 heterocycles. The summed E-state index contributed by atoms with van der Waals surface area (Å²) in [6.07, 6.45) is 0. The number of benzene rings is 2. The first-order valence-electron chi connectivity index (χ1n) is 8.08. The van der Waals surface area contributed by atoms with E-state index in [4.69, 9.17) is 11.5 Å². The zero-order chi connectivity index (χ0) is 19.6. The van der Waals surface area contributed by atoms with Crippen LogP contribution in [0.4, 0.5) is 21.0 Å². The van der Waals surface area contributed by atoms with Crippen LogP contribution in [0.25, 0.3) is 0 Å². The number of amides is 1. The molecular formula is C19H17FN4O2S. The van der Waals surface area contributed by atoms with Gasteiger partial charge in [-0.1, -0.05) is 41.7 Å². The first-order chi connectivity index (χ1) is 12.9. The zero-order valence-electron chi connectivity index (χ0n) is 14.4. The van der Waals surface area contributed by atoms with E-state index in [9.17, 15) is 14.0 Å². The molecule has 0 unspecified atom stereocenters. The maximum atomic E-state index is 13.3. The van der Waals surface area contributed by atoms with E-state index in [1.807, 2.05) is 6.07 Å². The molecule has 0 fully saturated rings. The molecule has 0 radical (unpaired) electrons. The van der Waals surface area contributed by atoms with Crippen molar-refractivity contribution in [2.75, 3.05) is 10.6 Å². The van der Waals surface area contributed by atoms with Crippen LogP contribution in [0.15, 0.2) is 54.6 Å². The van der Waals surface area contributed by atoms with Gasteiger partial charge >= 0.3 is 0 Å². The lowest BCUT2D eigenvalue weighted by atomic mass is 10.1. The largest absolute Gasteiger partial charge is 0.382 e. The Labute approximate surface area is 159 Å². The molecule has 0 saturated heterocycles. The fourth-order valence-electron chi connectivity index (χ4n) is 2.54. The molecule has 3 aromatic rings. The van der Waals surface area contributed by atoms with E-state index >= 15 is 0 Å². The van der Waals surface area contributed by atoms with Crippen LogP contribution in [0.5, 0.6) is 0 Å². The molecule has 0 aliphatic carbocycles. The molecule has 3 rings (SSSR count). The number of carbonyl (C=O) groups excluding carboxylic acids is 2. The molecule has 1 atom stereocenters. The van der Waals surface area contributed by atoms with E-state index in [0.717, 1.165) is 11.3 Å². The Morgan fingerprint density at radius 1 is 1.11 bits per heavy atom. The Balaban J connectivity index is 2.04. The van der Waals surface area contributed by atoms with Crippen molar-refractivity contribution in [3.8, 4) is 0 Å². The second kappa shape index (κ2) is 7.55. The summed E-state index contributed by atoms with van der Waals surface area (Å²) in [7, 11) is 0. The minimum atomic E-state index is -0.777. The summed E-state index contributed by atoms with van der Waals surface area (Å²) in [6, 6.07) is 13.5. The molecule has 0 aliphatic heterocycles. The van der Waals surface area contributed by atoms with Gasteiger partial charge in [-0.05, 0) is 31.2 Å². The van der Waals surface area contributed by atoms with Crippen molar-refractivity contribution >= 4 is 39.7 Å². The van der Waals surface area contributed by atoms with Crippen LogP contribution < -0.4 is 16.4 Å². The number of primary amides is 1. The van der Waals surface area contributed by atoms with Gasteiger partial charge in [0.15, 0.2) is 5.13 Å². The Kier molecular flexibility index (Phi) is 5.18. The molecule has 1 amide bonds. The monoisotopic (exact) mass is 384 g/mol. The maximum absolute atomic E-state index is 13.3. The van der Waals surface area contributed by atoms with Gasteiger partial charge in [0.05, 0.1) is 0 Å². The minimum Gasteiger partial charge on any atom is -0.382 e. The van der Waals surface area contributed by atoms with E-state index in [0.29, 0.717) is 16.4 Å². The summed E-state index contributed by atoms with van der Waals surface area (Å²) in [5.41, 5.74) is 12.4. The summed E-state index contributed by atoms with van der Waals surface area (Å²) < 4.78 is 13.3. The van der Waals surface area contributed by atoms with Gasteiger partial charge in [-0.15, -0.1) is 0 Å². The second-order valence-corrected chi connectivity index (χ2v) is 6.81. The lowest BCUT2D eigenvalue weighted by Crippen LogP contribution is -2.39. The molecule has 8 heteroatoms. The number of nitrogens with zero attached hydrogens (tertiary/aromatic N) is 2. The third-order valence-corrected chi connectivity index (χ3v) is 5.06. The van der Waals surface area contributed by atoms with Crippen LogP contribution in [-0.4, -0.2) is 22.7 Å². The Bertz CT molecular complexity index is 973. The second-order valence-electron chi connectivity index (χ2n) is 5.83. The highest BCUT2D eigenvalue weighted by molar-refractivity contribution is 7.18. The van der Waals surface area contributed by atoms with Gasteiger partial charge in [0.25, 0.3) is 0 Å². The predicted octanol–water partition coefficient (Wildman–Crippen LogP) is 3.11. The Hall–Kier alpha value is -3.26. The molecule has 0 aliphatic rings. The van der Waals surface area contributed by atoms with Crippen LogP contribution in [-0.2, 0) is 4.79 Å². The maximum Gasteiger partial charge on any atom is 0.240 e. The number of hydrogen-bond acceptors (Lipinski definition) is 6. The fourth-order valence-corrected chi connectivity index (χ4v) is 3.58. The summed E-state index contributed by atoms with van der Waals surface area (Å²) in [6.45, 7) is 1.60. The molecule has 6 nitrogen and oxygen atoms in total. The number of nitrogens with two attached hydrogens (primary N) is 2. The van der Waals surface area contributed by atoms with Crippen molar-refractivity contribution in [1.29, 1.82) is 0 Å². The molecule has 4 N–H and O–H groups in total. The van der Waals surface area contributed by atoms with Crippen molar-refractivity contribution in [3.05, 3.63) is 70.9 Å². The van der Waals surface area contributed by atoms with Gasteiger partial charge in [-0.25, -0.2) is 9.37 Å². The van der Waals surface area contributed by atoms with E-state index in [2.05, 4.69) is 4.98 Å². The smallest absolute Gasteiger partial charge is 0.240 e. The summed E-state index contributed by atoms with van der Waals surface area (Å²) >= 11 is 1.05. The van der Waals surface area contributed by atoms with Crippen molar-refractivity contribution in [1.82, 2.24) is 4.98 Å². The Morgan fingerprint density at radius 3 is 2.33 bits per heavy atom. The van der Waals surface area contributed by atoms with Gasteiger partial charge in [-0.2, -0.15) is 0 Å². The molecule has 0 saturated carbocycles. The van der Waals surface area contributed by atoms with E-state index in [1.54, 1.807) is 31.2 Å². The van der Waals surface area contributed by atoms with Crippen molar-refractivity contribution in [2.24, 2.45) is 5.73 Å². The van der Waals surface area contributed by atoms with Gasteiger partial charge in [0.1, 0.15) is 22.6 Å². The Morgan fingerprint density at radius 2 is 1.74 bits per heavy atom. The molecule has 2 aromatic carbocycles. The van der Waals surface area contributed by atoms with Crippen molar-refractivity contribution in [3.63, 3.8) is 0 Å². The molecule has 27 heavy (non-hydrogen) atoms. The molecule has 1 aromatic heterocycles. The van der Waals surface area contributed by atoms with Gasteiger partial charge in [0.2, 0.25) is 11.7 Å². The number of thiazole rings is 1. The topological polar surface area (TPSA) is 102 Å². The van der Waals surface area contributed by atoms with Crippen molar-refractivity contribution < 1.29 is 14.0 Å². The van der Waals surface area contributed by atoms with E-state index in [1.165, 1.54) is 29.2 Å². The highest BCUT2D eigenvalue weighted by Crippen LogP contribution is 2.35. The third kappa shape index (κ3) is 3.80. The average Bonchev–Trinajstić information content (AvgIpc) is 3.04. The number of hydrogen-bond donors (Lipinski definition) is 2. The number of aromatic nitrogens is 1. The first-order valence-corrected chi connectivity index (χ1v) is 8.90. The normalized spacial score (nSPS) is 11.8. The summed E-state index contributed by atoms with van der Waals surface area (Å²) in [5.74, 6) is -1.21. The summed E-state index contributed by atoms with van der Waals surface area (Å²) in [4.78, 5) is 30.6. The molecule has 138 valence electrons. The number of nitrogen functional groups attached to an aromatic ring is 1. The van der Waals surface area contributed by atoms with Gasteiger partial charge in [0, 0.05) is 11.3 Å². The van der Waals surface area contributed by atoms with Crippen LogP contribution in [0, 0.1) is 5.82 Å². The quantitative estimate of drug-likeness (QED) is 0.636. The molecular weight excluding hydrogens is 367 g/mol. The zero-order valence-corrected chi connectivity index (χ0v) is 15.2. The SMILES string of the molecule is C[C@@H](C(N)=O)N(c1ccc(F)cc1)c1nc(N)c(C(=O)c2ccccc2)s1. The van der Waals surface area contributed by atoms with Crippen LogP contribution in [0.1, 0.15) is 22.2 Å². The number of rotatable bonds is 6. The number of halogens is 1. The fraction of sp³-hybridized carbons (Fsp3) is 0.105. The minimum absolute atomic E-state index is 0.0626. The highest BCUT2D eigenvalue weighted by atomic mass is 32.1. The lowest BCUT2D eigenvalue weighted by molar-refractivity contribution is -0.118. The summed E-state index contributed by atoms with van der Waals surface area (Å²) in [5, 5.41) is 0.324. The van der Waals surface area contributed by atoms with Crippen LogP contribution in [0.2, 0.25) is 0 Å². The highest BCUT2D eigenvalue weighted by Gasteiger charge is 2.27. The number of carbonyl (C=O) groups is 2. The number of ketones is 1. The molecule has 0 bridgehead atoms. The van der Waals surface area contributed by atoms with Crippen LogP contribution >= 0.6 is 11.3 Å². The van der Waals surface area contributed by atoms with E-state index in [-0.39, 0.29) is 16.5 Å². The number of anilines is 3. The van der Waals surface area contributed by atoms with Gasteiger partial charge in [-0.3, -0.25) is 9.59 Å². The first kappa shape index (κ1) is 18.5. The van der Waals surface area contributed by atoms with Crippen molar-refractivity contribution in [2.45, 2.75) is 13.0 Å². The third-order valence-electron chi connectivity index (χ3n) is 3.99. The van der Waals surface area contributed by atoms with Crippen LogP contribution in [0.3, 0.4) is 0 Å². The molecule has 0 spiro atoms. The van der Waals surface area contributed by atoms with E-state index < -0.39 is 17.8 Å². The standard InChI is InChI=1S/C19H17FN4O2S/c1-11(18(22)26)24(14-9-7-13(20)8-10-14)19-23-17(21)16(27-19)15(25)12-5-3-2-4-6-12/h2-11H,21H2,1H3,(H2,22,26)/t11-/m0/s1. The predicted molar refractivity (Wildman–Crippen MR) is 104 cm³/mol. The average molecular weight is 384 g/mol. The lowest BCUT2D eigenvalue weighted by Gasteiger charge is -2.26.